The summed E-state index contributed by atoms with van der Waals surface area (Å²) in [6.45, 7) is 11.0. The summed E-state index contributed by atoms with van der Waals surface area (Å²) in [5.74, 6) is 0. The second-order valence-corrected chi connectivity index (χ2v) is 6.62. The molecular weight excluding hydrogens is 228 g/mol. The van der Waals surface area contributed by atoms with Crippen LogP contribution in [0, 0.1) is 19.3 Å². The Balaban J connectivity index is 2.52. The molecule has 96 valence electrons. The summed E-state index contributed by atoms with van der Waals surface area (Å²) in [6.07, 6.45) is 3.42. The topological polar surface area (TPSA) is 0 Å². The first-order valence-corrected chi connectivity index (χ1v) is 6.95. The van der Waals surface area contributed by atoms with E-state index in [-0.39, 0.29) is 10.8 Å². The second kappa shape index (κ2) is 5.91. The Bertz CT molecular complexity index is 340. The largest absolute Gasteiger partial charge is 0.122 e. The fourth-order valence-electron chi connectivity index (χ4n) is 2.13. The molecule has 0 N–H and O–H groups in total. The van der Waals surface area contributed by atoms with Gasteiger partial charge in [-0.3, -0.25) is 0 Å². The average Bonchev–Trinajstić information content (AvgIpc) is 2.20. The number of benzene rings is 1. The van der Waals surface area contributed by atoms with E-state index >= 15 is 0 Å². The normalized spacial score (nSPS) is 13.8. The molecule has 0 aliphatic carbocycles. The fraction of sp³-hybridized carbons (Fsp3) is 0.625. The summed E-state index contributed by atoms with van der Waals surface area (Å²) in [7, 11) is 0. The Morgan fingerprint density at radius 2 is 1.65 bits per heavy atom. The number of hydrogen-bond donors (Lipinski definition) is 0. The highest BCUT2D eigenvalue weighted by Gasteiger charge is 2.21. The van der Waals surface area contributed by atoms with E-state index in [9.17, 15) is 0 Å². The fourth-order valence-corrected chi connectivity index (χ4v) is 2.29. The molecule has 0 spiro atoms. The van der Waals surface area contributed by atoms with E-state index in [4.69, 9.17) is 11.6 Å². The summed E-state index contributed by atoms with van der Waals surface area (Å²) >= 11 is 6.40. The summed E-state index contributed by atoms with van der Waals surface area (Å²) < 4.78 is 0. The SMILES string of the molecule is Cc1cccc(C)c1CCCC(Cl)C(C)(C)C. The van der Waals surface area contributed by atoms with Crippen LogP contribution in [0.3, 0.4) is 0 Å². The lowest BCUT2D eigenvalue weighted by Crippen LogP contribution is -2.20. The van der Waals surface area contributed by atoms with Gasteiger partial charge in [-0.05, 0) is 55.2 Å². The average molecular weight is 253 g/mol. The molecule has 0 saturated heterocycles. The Hall–Kier alpha value is -0.490. The third kappa shape index (κ3) is 4.35. The zero-order chi connectivity index (χ0) is 13.1. The first-order chi connectivity index (χ1) is 7.82. The van der Waals surface area contributed by atoms with Crippen molar-refractivity contribution in [1.82, 2.24) is 0 Å². The van der Waals surface area contributed by atoms with Gasteiger partial charge in [-0.2, -0.15) is 0 Å². The molecule has 17 heavy (non-hydrogen) atoms. The molecule has 0 aliphatic rings. The van der Waals surface area contributed by atoms with Gasteiger partial charge in [0.15, 0.2) is 0 Å². The zero-order valence-electron chi connectivity index (χ0n) is 11.8. The predicted octanol–water partition coefficient (Wildman–Crippen LogP) is 5.28. The number of alkyl halides is 1. The molecule has 1 aromatic rings. The van der Waals surface area contributed by atoms with Crippen LogP contribution in [-0.2, 0) is 6.42 Å². The summed E-state index contributed by atoms with van der Waals surface area (Å²) in [5, 5.41) is 0.270. The van der Waals surface area contributed by atoms with E-state index in [0.717, 1.165) is 12.8 Å². The third-order valence-corrected chi connectivity index (χ3v) is 4.34. The summed E-state index contributed by atoms with van der Waals surface area (Å²) in [4.78, 5) is 0. The van der Waals surface area contributed by atoms with Gasteiger partial charge < -0.3 is 0 Å². The van der Waals surface area contributed by atoms with Crippen LogP contribution in [0.4, 0.5) is 0 Å². The molecule has 0 amide bonds. The zero-order valence-corrected chi connectivity index (χ0v) is 12.6. The summed E-state index contributed by atoms with van der Waals surface area (Å²) in [6, 6.07) is 6.53. The summed E-state index contributed by atoms with van der Waals surface area (Å²) in [5.41, 5.74) is 4.53. The van der Waals surface area contributed by atoms with Crippen LogP contribution in [-0.4, -0.2) is 5.38 Å². The highest BCUT2D eigenvalue weighted by atomic mass is 35.5. The number of halogens is 1. The minimum atomic E-state index is 0.211. The molecule has 0 bridgehead atoms. The van der Waals surface area contributed by atoms with Crippen molar-refractivity contribution in [2.75, 3.05) is 0 Å². The van der Waals surface area contributed by atoms with E-state index in [2.05, 4.69) is 52.8 Å². The van der Waals surface area contributed by atoms with Gasteiger partial charge in [0.05, 0.1) is 0 Å². The van der Waals surface area contributed by atoms with Gasteiger partial charge in [0, 0.05) is 5.38 Å². The van der Waals surface area contributed by atoms with Gasteiger partial charge in [0.1, 0.15) is 0 Å². The maximum absolute atomic E-state index is 6.40. The molecule has 1 atom stereocenters. The molecule has 0 saturated carbocycles. The van der Waals surface area contributed by atoms with Crippen LogP contribution >= 0.6 is 11.6 Å². The molecule has 0 fully saturated rings. The van der Waals surface area contributed by atoms with E-state index in [0.29, 0.717) is 0 Å². The highest BCUT2D eigenvalue weighted by molar-refractivity contribution is 6.21. The van der Waals surface area contributed by atoms with Crippen molar-refractivity contribution in [2.24, 2.45) is 5.41 Å². The minimum Gasteiger partial charge on any atom is -0.122 e. The van der Waals surface area contributed by atoms with Crippen LogP contribution < -0.4 is 0 Å². The molecule has 1 unspecified atom stereocenters. The van der Waals surface area contributed by atoms with Gasteiger partial charge in [0.25, 0.3) is 0 Å². The smallest absolute Gasteiger partial charge is 0.0384 e. The molecule has 0 heterocycles. The van der Waals surface area contributed by atoms with Crippen molar-refractivity contribution in [3.05, 3.63) is 34.9 Å². The molecule has 0 nitrogen and oxygen atoms in total. The first kappa shape index (κ1) is 14.6. The van der Waals surface area contributed by atoms with Gasteiger partial charge >= 0.3 is 0 Å². The van der Waals surface area contributed by atoms with Crippen molar-refractivity contribution < 1.29 is 0 Å². The lowest BCUT2D eigenvalue weighted by Gasteiger charge is -2.25. The first-order valence-electron chi connectivity index (χ1n) is 6.51. The number of rotatable bonds is 4. The van der Waals surface area contributed by atoms with Gasteiger partial charge in [-0.1, -0.05) is 39.0 Å². The molecule has 0 radical (unpaired) electrons. The van der Waals surface area contributed by atoms with Crippen LogP contribution in [0.5, 0.6) is 0 Å². The van der Waals surface area contributed by atoms with E-state index in [1.54, 1.807) is 0 Å². The van der Waals surface area contributed by atoms with E-state index in [1.165, 1.54) is 23.1 Å². The lowest BCUT2D eigenvalue weighted by molar-refractivity contribution is 0.369. The van der Waals surface area contributed by atoms with Crippen LogP contribution in [0.2, 0.25) is 0 Å². The van der Waals surface area contributed by atoms with Crippen molar-refractivity contribution in [2.45, 2.75) is 59.3 Å². The van der Waals surface area contributed by atoms with Crippen molar-refractivity contribution in [3.8, 4) is 0 Å². The van der Waals surface area contributed by atoms with Gasteiger partial charge in [-0.25, -0.2) is 0 Å². The van der Waals surface area contributed by atoms with Gasteiger partial charge in [-0.15, -0.1) is 11.6 Å². The molecular formula is C16H25Cl. The van der Waals surface area contributed by atoms with Crippen molar-refractivity contribution in [1.29, 1.82) is 0 Å². The quantitative estimate of drug-likeness (QED) is 0.640. The van der Waals surface area contributed by atoms with Crippen molar-refractivity contribution in [3.63, 3.8) is 0 Å². The second-order valence-electron chi connectivity index (χ2n) is 6.10. The Morgan fingerprint density at radius 3 is 2.12 bits per heavy atom. The predicted molar refractivity (Wildman–Crippen MR) is 78.0 cm³/mol. The van der Waals surface area contributed by atoms with Crippen molar-refractivity contribution >= 4 is 11.6 Å². The Morgan fingerprint density at radius 1 is 1.12 bits per heavy atom. The Labute approximate surface area is 111 Å². The van der Waals surface area contributed by atoms with E-state index in [1.807, 2.05) is 0 Å². The molecule has 0 aliphatic heterocycles. The standard InChI is InChI=1S/C16H25Cl/c1-12-8-6-9-13(2)14(12)10-7-11-15(17)16(3,4)5/h6,8-9,15H,7,10-11H2,1-5H3. The Kier molecular flexibility index (Phi) is 5.06. The van der Waals surface area contributed by atoms with Gasteiger partial charge in [0.2, 0.25) is 0 Å². The van der Waals surface area contributed by atoms with Crippen LogP contribution in [0.1, 0.15) is 50.3 Å². The number of hydrogen-bond acceptors (Lipinski definition) is 0. The molecule has 1 aromatic carbocycles. The maximum atomic E-state index is 6.40. The van der Waals surface area contributed by atoms with E-state index < -0.39 is 0 Å². The van der Waals surface area contributed by atoms with Crippen LogP contribution in [0.25, 0.3) is 0 Å². The molecule has 0 aromatic heterocycles. The maximum Gasteiger partial charge on any atom is 0.0384 e. The lowest BCUT2D eigenvalue weighted by atomic mass is 9.88. The molecule has 1 heteroatoms. The highest BCUT2D eigenvalue weighted by Crippen LogP contribution is 2.28. The van der Waals surface area contributed by atoms with Crippen LogP contribution in [0.15, 0.2) is 18.2 Å². The third-order valence-electron chi connectivity index (χ3n) is 3.47. The number of aryl methyl sites for hydroxylation is 2. The minimum absolute atomic E-state index is 0.211. The monoisotopic (exact) mass is 252 g/mol. The molecule has 1 rings (SSSR count).